The third kappa shape index (κ3) is 3.62. The van der Waals surface area contributed by atoms with E-state index in [4.69, 9.17) is 16.3 Å². The molecule has 1 aromatic heterocycles. The number of rotatable bonds is 3. The molecule has 0 bridgehead atoms. The average Bonchev–Trinajstić information content (AvgIpc) is 2.51. The Morgan fingerprint density at radius 3 is 2.55 bits per heavy atom. The lowest BCUT2D eigenvalue weighted by Crippen LogP contribution is -2.48. The molecule has 1 aromatic rings. The molecule has 20 heavy (non-hydrogen) atoms. The van der Waals surface area contributed by atoms with E-state index in [0.29, 0.717) is 17.0 Å². The summed E-state index contributed by atoms with van der Waals surface area (Å²) in [5, 5.41) is 4.08. The molecular weight excluding hydrogens is 274 g/mol. The van der Waals surface area contributed by atoms with Crippen LogP contribution in [-0.4, -0.2) is 48.2 Å². The van der Waals surface area contributed by atoms with Crippen molar-refractivity contribution in [3.63, 3.8) is 0 Å². The number of halogens is 1. The number of hydrogen-bond donors (Lipinski definition) is 1. The van der Waals surface area contributed by atoms with Crippen LogP contribution >= 0.6 is 11.6 Å². The van der Waals surface area contributed by atoms with Crippen molar-refractivity contribution in [2.24, 2.45) is 0 Å². The Bertz CT molecular complexity index is 412. The number of pyridine rings is 1. The minimum absolute atomic E-state index is 0.293. The van der Waals surface area contributed by atoms with Crippen molar-refractivity contribution in [2.45, 2.75) is 37.8 Å². The van der Waals surface area contributed by atoms with Crippen LogP contribution in [0, 0.1) is 0 Å². The monoisotopic (exact) mass is 295 g/mol. The van der Waals surface area contributed by atoms with E-state index >= 15 is 0 Å². The summed E-state index contributed by atoms with van der Waals surface area (Å²) in [5.41, 5.74) is 0. The van der Waals surface area contributed by atoms with Gasteiger partial charge in [-0.05, 0) is 44.8 Å². The Kier molecular flexibility index (Phi) is 4.76. The Morgan fingerprint density at radius 1 is 1.15 bits per heavy atom. The van der Waals surface area contributed by atoms with Crippen LogP contribution < -0.4 is 10.1 Å². The normalized spacial score (nSPS) is 22.9. The van der Waals surface area contributed by atoms with E-state index < -0.39 is 0 Å². The first-order valence-corrected chi connectivity index (χ1v) is 7.92. The van der Waals surface area contributed by atoms with E-state index in [1.807, 2.05) is 12.1 Å². The molecule has 3 heterocycles. The SMILES string of the molecule is Clc1ccc(OC2CCN(C3CCNCC3)CC2)nc1. The lowest BCUT2D eigenvalue weighted by Gasteiger charge is -2.39. The summed E-state index contributed by atoms with van der Waals surface area (Å²) in [6.45, 7) is 4.61. The second-order valence-electron chi connectivity index (χ2n) is 5.65. The average molecular weight is 296 g/mol. The van der Waals surface area contributed by atoms with Crippen LogP contribution in [0.4, 0.5) is 0 Å². The van der Waals surface area contributed by atoms with E-state index in [1.54, 1.807) is 6.20 Å². The summed E-state index contributed by atoms with van der Waals surface area (Å²) in [6.07, 6.45) is 6.68. The van der Waals surface area contributed by atoms with Crippen LogP contribution in [0.25, 0.3) is 0 Å². The van der Waals surface area contributed by atoms with Crippen LogP contribution in [-0.2, 0) is 0 Å². The van der Waals surface area contributed by atoms with Gasteiger partial charge in [0.1, 0.15) is 6.10 Å². The Balaban J connectivity index is 1.47. The minimum Gasteiger partial charge on any atom is -0.474 e. The van der Waals surface area contributed by atoms with Crippen molar-refractivity contribution >= 4 is 11.6 Å². The number of nitrogens with one attached hydrogen (secondary N) is 1. The fraction of sp³-hybridized carbons (Fsp3) is 0.667. The van der Waals surface area contributed by atoms with E-state index in [2.05, 4.69) is 15.2 Å². The van der Waals surface area contributed by atoms with Gasteiger partial charge in [0.25, 0.3) is 0 Å². The molecule has 2 saturated heterocycles. The number of piperidine rings is 2. The van der Waals surface area contributed by atoms with Gasteiger partial charge in [0.15, 0.2) is 0 Å². The number of ether oxygens (including phenoxy) is 1. The van der Waals surface area contributed by atoms with Crippen molar-refractivity contribution in [3.05, 3.63) is 23.4 Å². The van der Waals surface area contributed by atoms with Gasteiger partial charge in [0, 0.05) is 31.4 Å². The third-order valence-electron chi connectivity index (χ3n) is 4.29. The summed E-state index contributed by atoms with van der Waals surface area (Å²) in [6, 6.07) is 4.45. The first-order valence-electron chi connectivity index (χ1n) is 7.54. The molecule has 5 heteroatoms. The molecule has 4 nitrogen and oxygen atoms in total. The molecule has 3 rings (SSSR count). The first kappa shape index (κ1) is 14.1. The van der Waals surface area contributed by atoms with Gasteiger partial charge < -0.3 is 15.0 Å². The summed E-state index contributed by atoms with van der Waals surface area (Å²) >= 11 is 5.83. The quantitative estimate of drug-likeness (QED) is 0.929. The molecule has 2 aliphatic rings. The van der Waals surface area contributed by atoms with Crippen molar-refractivity contribution < 1.29 is 4.74 Å². The highest BCUT2D eigenvalue weighted by Crippen LogP contribution is 2.22. The van der Waals surface area contributed by atoms with E-state index in [9.17, 15) is 0 Å². The molecule has 0 radical (unpaired) electrons. The zero-order chi connectivity index (χ0) is 13.8. The van der Waals surface area contributed by atoms with Gasteiger partial charge >= 0.3 is 0 Å². The molecule has 1 N–H and O–H groups in total. The summed E-state index contributed by atoms with van der Waals surface area (Å²) < 4.78 is 5.94. The predicted octanol–water partition coefficient (Wildman–Crippen LogP) is 2.33. The van der Waals surface area contributed by atoms with Gasteiger partial charge in [-0.15, -0.1) is 0 Å². The van der Waals surface area contributed by atoms with Crippen molar-refractivity contribution in [2.75, 3.05) is 26.2 Å². The topological polar surface area (TPSA) is 37.4 Å². The lowest BCUT2D eigenvalue weighted by atomic mass is 10.00. The molecule has 0 aromatic carbocycles. The Hall–Kier alpha value is -0.840. The highest BCUT2D eigenvalue weighted by atomic mass is 35.5. The zero-order valence-electron chi connectivity index (χ0n) is 11.7. The van der Waals surface area contributed by atoms with Crippen LogP contribution in [0.15, 0.2) is 18.3 Å². The second-order valence-corrected chi connectivity index (χ2v) is 6.09. The van der Waals surface area contributed by atoms with E-state index in [0.717, 1.165) is 45.1 Å². The first-order chi connectivity index (χ1) is 9.81. The van der Waals surface area contributed by atoms with Crippen LogP contribution in [0.2, 0.25) is 5.02 Å². The van der Waals surface area contributed by atoms with Gasteiger partial charge in [0.2, 0.25) is 5.88 Å². The Morgan fingerprint density at radius 2 is 1.90 bits per heavy atom. The van der Waals surface area contributed by atoms with Crippen molar-refractivity contribution in [1.29, 1.82) is 0 Å². The summed E-state index contributed by atoms with van der Waals surface area (Å²) in [7, 11) is 0. The summed E-state index contributed by atoms with van der Waals surface area (Å²) in [4.78, 5) is 6.84. The summed E-state index contributed by atoms with van der Waals surface area (Å²) in [5.74, 6) is 0.690. The number of nitrogens with zero attached hydrogens (tertiary/aromatic N) is 2. The maximum atomic E-state index is 5.94. The molecule has 0 amide bonds. The largest absolute Gasteiger partial charge is 0.474 e. The number of likely N-dealkylation sites (tertiary alicyclic amines) is 1. The zero-order valence-corrected chi connectivity index (χ0v) is 12.5. The Labute approximate surface area is 125 Å². The van der Waals surface area contributed by atoms with Gasteiger partial charge in [-0.25, -0.2) is 4.98 Å². The van der Waals surface area contributed by atoms with Gasteiger partial charge in [-0.2, -0.15) is 0 Å². The molecule has 110 valence electrons. The van der Waals surface area contributed by atoms with Crippen LogP contribution in [0.3, 0.4) is 0 Å². The molecule has 0 unspecified atom stereocenters. The van der Waals surface area contributed by atoms with E-state index in [1.165, 1.54) is 12.8 Å². The maximum Gasteiger partial charge on any atom is 0.213 e. The maximum absolute atomic E-state index is 5.94. The molecule has 0 spiro atoms. The fourth-order valence-corrected chi connectivity index (χ4v) is 3.25. The molecule has 2 aliphatic heterocycles. The van der Waals surface area contributed by atoms with Crippen molar-refractivity contribution in [3.8, 4) is 5.88 Å². The molecule has 0 atom stereocenters. The number of hydrogen-bond acceptors (Lipinski definition) is 4. The highest BCUT2D eigenvalue weighted by molar-refractivity contribution is 6.30. The fourth-order valence-electron chi connectivity index (χ4n) is 3.13. The molecule has 2 fully saturated rings. The predicted molar refractivity (Wildman–Crippen MR) is 80.4 cm³/mol. The standard InChI is InChI=1S/C15H22ClN3O/c16-12-1-2-15(18-11-12)20-14-5-9-19(10-6-14)13-3-7-17-8-4-13/h1-2,11,13-14,17H,3-10H2. The van der Waals surface area contributed by atoms with E-state index in [-0.39, 0.29) is 0 Å². The third-order valence-corrected chi connectivity index (χ3v) is 4.51. The van der Waals surface area contributed by atoms with Crippen LogP contribution in [0.5, 0.6) is 5.88 Å². The van der Waals surface area contributed by atoms with Crippen molar-refractivity contribution in [1.82, 2.24) is 15.2 Å². The molecule has 0 saturated carbocycles. The molecular formula is C15H22ClN3O. The molecule has 0 aliphatic carbocycles. The second kappa shape index (κ2) is 6.74. The van der Waals surface area contributed by atoms with Gasteiger partial charge in [-0.3, -0.25) is 0 Å². The van der Waals surface area contributed by atoms with Gasteiger partial charge in [-0.1, -0.05) is 11.6 Å². The smallest absolute Gasteiger partial charge is 0.213 e. The minimum atomic E-state index is 0.293. The number of aromatic nitrogens is 1. The van der Waals surface area contributed by atoms with Crippen LogP contribution in [0.1, 0.15) is 25.7 Å². The van der Waals surface area contributed by atoms with Gasteiger partial charge in [0.05, 0.1) is 5.02 Å². The lowest BCUT2D eigenvalue weighted by molar-refractivity contribution is 0.0630. The highest BCUT2D eigenvalue weighted by Gasteiger charge is 2.26.